The average molecular weight is 174 g/mol. The van der Waals surface area contributed by atoms with Crippen LogP contribution in [0.4, 0.5) is 0 Å². The zero-order valence-corrected chi connectivity index (χ0v) is 8.33. The summed E-state index contributed by atoms with van der Waals surface area (Å²) in [6, 6.07) is 6.27. The summed E-state index contributed by atoms with van der Waals surface area (Å²) in [4.78, 5) is 0. The Morgan fingerprint density at radius 1 is 1.31 bits per heavy atom. The van der Waals surface area contributed by atoms with Crippen LogP contribution in [0.2, 0.25) is 0 Å². The van der Waals surface area contributed by atoms with E-state index in [9.17, 15) is 0 Å². The third-order valence-corrected chi connectivity index (χ3v) is 2.53. The molecule has 0 aliphatic rings. The normalized spacial score (nSPS) is 11.0. The van der Waals surface area contributed by atoms with Crippen LogP contribution in [0.25, 0.3) is 10.9 Å². The maximum atomic E-state index is 4.51. The summed E-state index contributed by atoms with van der Waals surface area (Å²) in [6.45, 7) is 7.33. The molecule has 2 aromatic rings. The molecule has 0 unspecified atom stereocenters. The molecule has 1 aromatic heterocycles. The van der Waals surface area contributed by atoms with Gasteiger partial charge in [-0.3, -0.25) is 4.68 Å². The molecule has 68 valence electrons. The monoisotopic (exact) mass is 174 g/mol. The van der Waals surface area contributed by atoms with E-state index < -0.39 is 0 Å². The molecule has 2 nitrogen and oxygen atoms in total. The minimum atomic E-state index is 0.944. The van der Waals surface area contributed by atoms with Crippen LogP contribution in [0.5, 0.6) is 0 Å². The van der Waals surface area contributed by atoms with Gasteiger partial charge in [0.1, 0.15) is 0 Å². The van der Waals surface area contributed by atoms with Gasteiger partial charge in [0.15, 0.2) is 0 Å². The first-order chi connectivity index (χ1) is 6.24. The Hall–Kier alpha value is -1.31. The second-order valence-electron chi connectivity index (χ2n) is 3.37. The zero-order valence-electron chi connectivity index (χ0n) is 8.33. The predicted octanol–water partition coefficient (Wildman–Crippen LogP) is 2.67. The largest absolute Gasteiger partial charge is 0.269 e. The van der Waals surface area contributed by atoms with Crippen LogP contribution in [-0.4, -0.2) is 9.78 Å². The fourth-order valence-electron chi connectivity index (χ4n) is 1.85. The molecule has 13 heavy (non-hydrogen) atoms. The fraction of sp³-hybridized carbons (Fsp3) is 0.364. The lowest BCUT2D eigenvalue weighted by Crippen LogP contribution is -1.97. The Labute approximate surface area is 78.2 Å². The third-order valence-electron chi connectivity index (χ3n) is 2.53. The van der Waals surface area contributed by atoms with Gasteiger partial charge in [0, 0.05) is 17.6 Å². The first-order valence-electron chi connectivity index (χ1n) is 4.66. The van der Waals surface area contributed by atoms with Crippen LogP contribution in [0, 0.1) is 13.8 Å². The van der Waals surface area contributed by atoms with Crippen LogP contribution in [-0.2, 0) is 6.54 Å². The highest BCUT2D eigenvalue weighted by Gasteiger charge is 2.06. The lowest BCUT2D eigenvalue weighted by atomic mass is 10.1. The molecular formula is C11H14N2. The highest BCUT2D eigenvalue weighted by atomic mass is 15.3. The first kappa shape index (κ1) is 8.30. The minimum absolute atomic E-state index is 0.944. The van der Waals surface area contributed by atoms with E-state index in [4.69, 9.17) is 0 Å². The Balaban J connectivity index is 2.85. The molecule has 0 saturated heterocycles. The van der Waals surface area contributed by atoms with Crippen LogP contribution in [0.3, 0.4) is 0 Å². The summed E-state index contributed by atoms with van der Waals surface area (Å²) in [6.07, 6.45) is 0. The quantitative estimate of drug-likeness (QED) is 0.650. The number of benzene rings is 1. The molecule has 0 radical (unpaired) electrons. The summed E-state index contributed by atoms with van der Waals surface area (Å²) in [5.74, 6) is 0. The van der Waals surface area contributed by atoms with Crippen molar-refractivity contribution >= 4 is 10.9 Å². The molecule has 2 rings (SSSR count). The summed E-state index contributed by atoms with van der Waals surface area (Å²) in [5.41, 5.74) is 3.70. The van der Waals surface area contributed by atoms with Crippen molar-refractivity contribution in [3.63, 3.8) is 0 Å². The van der Waals surface area contributed by atoms with Gasteiger partial charge in [0.25, 0.3) is 0 Å². The SMILES string of the molecule is CCn1nc2cccc(C)c2c1C. The van der Waals surface area contributed by atoms with Crippen molar-refractivity contribution in [3.05, 3.63) is 29.5 Å². The molecule has 0 bridgehead atoms. The standard InChI is InChI=1S/C11H14N2/c1-4-13-9(3)11-8(2)6-5-7-10(11)12-13/h5-7H,4H2,1-3H3. The Kier molecular flexibility index (Phi) is 1.83. The molecule has 2 heteroatoms. The van der Waals surface area contributed by atoms with Crippen molar-refractivity contribution in [2.45, 2.75) is 27.3 Å². The number of rotatable bonds is 1. The Morgan fingerprint density at radius 3 is 2.69 bits per heavy atom. The van der Waals surface area contributed by atoms with Gasteiger partial charge in [-0.25, -0.2) is 0 Å². The highest BCUT2D eigenvalue weighted by molar-refractivity contribution is 5.84. The Morgan fingerprint density at radius 2 is 2.08 bits per heavy atom. The summed E-state index contributed by atoms with van der Waals surface area (Å²) < 4.78 is 2.05. The first-order valence-corrected chi connectivity index (χ1v) is 4.66. The molecule has 0 saturated carbocycles. The molecule has 0 atom stereocenters. The van der Waals surface area contributed by atoms with Crippen molar-refractivity contribution in [1.82, 2.24) is 9.78 Å². The van der Waals surface area contributed by atoms with Gasteiger partial charge in [-0.1, -0.05) is 12.1 Å². The van der Waals surface area contributed by atoms with Crippen molar-refractivity contribution < 1.29 is 0 Å². The van der Waals surface area contributed by atoms with E-state index in [1.807, 2.05) is 0 Å². The molecule has 0 aliphatic carbocycles. The van der Waals surface area contributed by atoms with E-state index >= 15 is 0 Å². The van der Waals surface area contributed by atoms with E-state index in [0.717, 1.165) is 12.1 Å². The van der Waals surface area contributed by atoms with Gasteiger partial charge < -0.3 is 0 Å². The molecule has 0 aliphatic heterocycles. The van der Waals surface area contributed by atoms with Crippen molar-refractivity contribution in [1.29, 1.82) is 0 Å². The number of nitrogens with zero attached hydrogens (tertiary/aromatic N) is 2. The molecular weight excluding hydrogens is 160 g/mol. The summed E-state index contributed by atoms with van der Waals surface area (Å²) >= 11 is 0. The molecule has 0 N–H and O–H groups in total. The number of hydrogen-bond donors (Lipinski definition) is 0. The number of hydrogen-bond acceptors (Lipinski definition) is 1. The number of fused-ring (bicyclic) bond motifs is 1. The highest BCUT2D eigenvalue weighted by Crippen LogP contribution is 2.20. The third kappa shape index (κ3) is 1.13. The second kappa shape index (κ2) is 2.87. The lowest BCUT2D eigenvalue weighted by molar-refractivity contribution is 0.647. The number of aryl methyl sites for hydroxylation is 3. The zero-order chi connectivity index (χ0) is 9.42. The van der Waals surface area contributed by atoms with E-state index in [-0.39, 0.29) is 0 Å². The van der Waals surface area contributed by atoms with Gasteiger partial charge in [0.05, 0.1) is 5.52 Å². The number of aromatic nitrogens is 2. The fourth-order valence-corrected chi connectivity index (χ4v) is 1.85. The lowest BCUT2D eigenvalue weighted by Gasteiger charge is -1.98. The van der Waals surface area contributed by atoms with Crippen molar-refractivity contribution in [3.8, 4) is 0 Å². The summed E-state index contributed by atoms with van der Waals surface area (Å²) in [7, 11) is 0. The maximum Gasteiger partial charge on any atom is 0.0928 e. The van der Waals surface area contributed by atoms with Gasteiger partial charge in [0.2, 0.25) is 0 Å². The van der Waals surface area contributed by atoms with Crippen LogP contribution >= 0.6 is 0 Å². The predicted molar refractivity (Wildman–Crippen MR) is 54.9 cm³/mol. The molecule has 0 fully saturated rings. The van der Waals surface area contributed by atoms with Crippen LogP contribution in [0.15, 0.2) is 18.2 Å². The van der Waals surface area contributed by atoms with Crippen LogP contribution in [0.1, 0.15) is 18.2 Å². The smallest absolute Gasteiger partial charge is 0.0928 e. The molecule has 1 aromatic carbocycles. The van der Waals surface area contributed by atoms with E-state index in [0.29, 0.717) is 0 Å². The minimum Gasteiger partial charge on any atom is -0.269 e. The Bertz CT molecular complexity index is 441. The second-order valence-corrected chi connectivity index (χ2v) is 3.37. The maximum absolute atomic E-state index is 4.51. The van der Waals surface area contributed by atoms with E-state index in [2.05, 4.69) is 48.8 Å². The van der Waals surface area contributed by atoms with Gasteiger partial charge >= 0.3 is 0 Å². The molecule has 0 spiro atoms. The average Bonchev–Trinajstić information content (AvgIpc) is 2.44. The van der Waals surface area contributed by atoms with Gasteiger partial charge in [-0.15, -0.1) is 0 Å². The van der Waals surface area contributed by atoms with Crippen LogP contribution < -0.4 is 0 Å². The topological polar surface area (TPSA) is 17.8 Å². The molecule has 0 amide bonds. The van der Waals surface area contributed by atoms with Crippen molar-refractivity contribution in [2.24, 2.45) is 0 Å². The van der Waals surface area contributed by atoms with Gasteiger partial charge in [-0.05, 0) is 32.4 Å². The molecule has 1 heterocycles. The van der Waals surface area contributed by atoms with E-state index in [1.54, 1.807) is 0 Å². The van der Waals surface area contributed by atoms with E-state index in [1.165, 1.54) is 16.6 Å². The van der Waals surface area contributed by atoms with Gasteiger partial charge in [-0.2, -0.15) is 5.10 Å². The summed E-state index contributed by atoms with van der Waals surface area (Å²) in [5, 5.41) is 5.82. The van der Waals surface area contributed by atoms with Crippen molar-refractivity contribution in [2.75, 3.05) is 0 Å².